The van der Waals surface area contributed by atoms with Gasteiger partial charge in [-0.05, 0) is 36.8 Å². The lowest BCUT2D eigenvalue weighted by Crippen LogP contribution is -2.41. The third kappa shape index (κ3) is 5.96. The Morgan fingerprint density at radius 2 is 1.89 bits per heavy atom. The lowest BCUT2D eigenvalue weighted by Gasteiger charge is -2.26. The van der Waals surface area contributed by atoms with Crippen molar-refractivity contribution in [1.29, 1.82) is 0 Å². The summed E-state index contributed by atoms with van der Waals surface area (Å²) in [7, 11) is 0. The average Bonchev–Trinajstić information content (AvgIpc) is 2.92. The molecule has 0 aliphatic carbocycles. The molecule has 9 heteroatoms. The van der Waals surface area contributed by atoms with Gasteiger partial charge in [-0.1, -0.05) is 30.3 Å². The highest BCUT2D eigenvalue weighted by Crippen LogP contribution is 2.32. The van der Waals surface area contributed by atoms with Crippen LogP contribution in [0.25, 0.3) is 10.8 Å². The molecule has 1 amide bonds. The topological polar surface area (TPSA) is 115 Å². The van der Waals surface area contributed by atoms with Gasteiger partial charge in [-0.25, -0.2) is 4.98 Å². The van der Waals surface area contributed by atoms with Gasteiger partial charge in [0, 0.05) is 66.2 Å². The Morgan fingerprint density at radius 1 is 1.08 bits per heavy atom. The molecule has 0 unspecified atom stereocenters. The Labute approximate surface area is 215 Å². The summed E-state index contributed by atoms with van der Waals surface area (Å²) in [5.74, 6) is 1.29. The van der Waals surface area contributed by atoms with Gasteiger partial charge in [0.05, 0.1) is 13.2 Å². The molecule has 0 spiro atoms. The minimum absolute atomic E-state index is 0.121. The van der Waals surface area contributed by atoms with Crippen LogP contribution in [-0.4, -0.2) is 60.2 Å². The maximum atomic E-state index is 12.7. The molecule has 0 saturated carbocycles. The molecular formula is C28H30N6O3. The average molecular weight is 499 g/mol. The summed E-state index contributed by atoms with van der Waals surface area (Å²) < 4.78 is 11.5. The van der Waals surface area contributed by atoms with E-state index < -0.39 is 0 Å². The van der Waals surface area contributed by atoms with Crippen molar-refractivity contribution in [3.05, 3.63) is 78.0 Å². The highest BCUT2D eigenvalue weighted by Gasteiger charge is 2.13. The van der Waals surface area contributed by atoms with Crippen LogP contribution in [0.3, 0.4) is 0 Å². The Morgan fingerprint density at radius 3 is 2.73 bits per heavy atom. The molecular weight excluding hydrogens is 468 g/mol. The Balaban J connectivity index is 1.26. The number of rotatable bonds is 8. The molecule has 1 saturated heterocycles. The second kappa shape index (κ2) is 11.2. The molecule has 0 atom stereocenters. The molecule has 37 heavy (non-hydrogen) atoms. The zero-order valence-electron chi connectivity index (χ0n) is 20.7. The van der Waals surface area contributed by atoms with Crippen LogP contribution < -0.4 is 21.1 Å². The quantitative estimate of drug-likeness (QED) is 0.311. The molecule has 2 heterocycles. The van der Waals surface area contributed by atoms with Crippen LogP contribution in [0.5, 0.6) is 11.6 Å². The van der Waals surface area contributed by atoms with E-state index in [-0.39, 0.29) is 5.91 Å². The van der Waals surface area contributed by atoms with Crippen LogP contribution in [0.1, 0.15) is 15.9 Å². The number of aromatic nitrogens is 2. The third-order valence-electron chi connectivity index (χ3n) is 6.33. The van der Waals surface area contributed by atoms with E-state index in [9.17, 15) is 4.79 Å². The first kappa shape index (κ1) is 24.5. The molecule has 1 aliphatic heterocycles. The van der Waals surface area contributed by atoms with Gasteiger partial charge in [0.2, 0.25) is 11.8 Å². The molecule has 0 bridgehead atoms. The summed E-state index contributed by atoms with van der Waals surface area (Å²) in [5.41, 5.74) is 9.07. The van der Waals surface area contributed by atoms with Gasteiger partial charge < -0.3 is 25.8 Å². The predicted molar refractivity (Wildman–Crippen MR) is 145 cm³/mol. The van der Waals surface area contributed by atoms with Crippen molar-refractivity contribution in [2.75, 3.05) is 50.4 Å². The van der Waals surface area contributed by atoms with Crippen molar-refractivity contribution in [1.82, 2.24) is 20.2 Å². The lowest BCUT2D eigenvalue weighted by atomic mass is 10.1. The van der Waals surface area contributed by atoms with E-state index >= 15 is 0 Å². The lowest BCUT2D eigenvalue weighted by molar-refractivity contribution is 0.0383. The van der Waals surface area contributed by atoms with Crippen LogP contribution in [0.15, 0.2) is 66.9 Å². The van der Waals surface area contributed by atoms with E-state index in [1.54, 1.807) is 12.3 Å². The molecule has 5 rings (SSSR count). The number of fused-ring (bicyclic) bond motifs is 1. The van der Waals surface area contributed by atoms with Gasteiger partial charge in [-0.3, -0.25) is 9.69 Å². The van der Waals surface area contributed by atoms with Crippen LogP contribution in [0.2, 0.25) is 0 Å². The molecule has 3 aromatic carbocycles. The second-order valence-electron chi connectivity index (χ2n) is 8.88. The summed E-state index contributed by atoms with van der Waals surface area (Å²) >= 11 is 0. The predicted octanol–water partition coefficient (Wildman–Crippen LogP) is 4.12. The minimum atomic E-state index is -0.121. The molecule has 4 N–H and O–H groups in total. The largest absolute Gasteiger partial charge is 0.438 e. The van der Waals surface area contributed by atoms with Gasteiger partial charge in [-0.2, -0.15) is 4.98 Å². The molecule has 1 fully saturated rings. The van der Waals surface area contributed by atoms with E-state index in [0.717, 1.165) is 54.9 Å². The fourth-order valence-electron chi connectivity index (χ4n) is 4.23. The Kier molecular flexibility index (Phi) is 7.43. The monoisotopic (exact) mass is 498 g/mol. The molecule has 1 aromatic heterocycles. The van der Waals surface area contributed by atoms with E-state index in [2.05, 4.69) is 25.5 Å². The van der Waals surface area contributed by atoms with Crippen LogP contribution >= 0.6 is 0 Å². The third-order valence-corrected chi connectivity index (χ3v) is 6.33. The molecule has 1 aliphatic rings. The van der Waals surface area contributed by atoms with Crippen LogP contribution in [-0.2, 0) is 4.74 Å². The van der Waals surface area contributed by atoms with Crippen molar-refractivity contribution >= 4 is 34.0 Å². The number of carbonyl (C=O) groups excluding carboxylic acids is 1. The standard InChI is InChI=1S/C28H30N6O3/c1-19-6-7-20(27(35)30-12-13-34-14-16-36-17-15-34)18-24(19)32-28-31-11-10-26(33-28)37-25-9-8-23(29)21-4-2-3-5-22(21)25/h2-11,18H,12-17,29H2,1H3,(H,30,35)(H,31,32,33). The first-order valence-corrected chi connectivity index (χ1v) is 12.3. The first-order valence-electron chi connectivity index (χ1n) is 12.3. The summed E-state index contributed by atoms with van der Waals surface area (Å²) in [5, 5.41) is 8.05. The van der Waals surface area contributed by atoms with Crippen LogP contribution in [0, 0.1) is 6.92 Å². The fraction of sp³-hybridized carbons (Fsp3) is 0.250. The second-order valence-corrected chi connectivity index (χ2v) is 8.88. The van der Waals surface area contributed by atoms with E-state index in [4.69, 9.17) is 15.2 Å². The number of benzene rings is 3. The highest BCUT2D eigenvalue weighted by atomic mass is 16.5. The summed E-state index contributed by atoms with van der Waals surface area (Å²) in [4.78, 5) is 23.9. The van der Waals surface area contributed by atoms with Gasteiger partial charge in [0.1, 0.15) is 5.75 Å². The number of carbonyl (C=O) groups is 1. The highest BCUT2D eigenvalue weighted by molar-refractivity contribution is 5.97. The zero-order valence-corrected chi connectivity index (χ0v) is 20.7. The molecule has 4 aromatic rings. The van der Waals surface area contributed by atoms with Gasteiger partial charge in [-0.15, -0.1) is 0 Å². The Hall–Kier alpha value is -4.21. The number of anilines is 3. The van der Waals surface area contributed by atoms with Crippen molar-refractivity contribution in [3.8, 4) is 11.6 Å². The maximum Gasteiger partial charge on any atom is 0.251 e. The van der Waals surface area contributed by atoms with Crippen molar-refractivity contribution < 1.29 is 14.3 Å². The zero-order chi connectivity index (χ0) is 25.6. The number of amides is 1. The normalized spacial score (nSPS) is 13.9. The number of ether oxygens (including phenoxy) is 2. The summed E-state index contributed by atoms with van der Waals surface area (Å²) in [6, 6.07) is 18.7. The summed E-state index contributed by atoms with van der Waals surface area (Å²) in [6.45, 7) is 6.62. The number of morpholine rings is 1. The van der Waals surface area contributed by atoms with E-state index in [1.807, 2.05) is 61.5 Å². The minimum Gasteiger partial charge on any atom is -0.438 e. The van der Waals surface area contributed by atoms with E-state index in [1.165, 1.54) is 0 Å². The van der Waals surface area contributed by atoms with Crippen molar-refractivity contribution in [2.45, 2.75) is 6.92 Å². The fourth-order valence-corrected chi connectivity index (χ4v) is 4.23. The van der Waals surface area contributed by atoms with Gasteiger partial charge in [0.15, 0.2) is 0 Å². The Bertz CT molecular complexity index is 1400. The first-order chi connectivity index (χ1) is 18.1. The molecule has 190 valence electrons. The van der Waals surface area contributed by atoms with Crippen LogP contribution in [0.4, 0.5) is 17.3 Å². The number of nitrogens with one attached hydrogen (secondary N) is 2. The SMILES string of the molecule is Cc1ccc(C(=O)NCCN2CCOCC2)cc1Nc1nccc(Oc2ccc(N)c3ccccc23)n1. The van der Waals surface area contributed by atoms with E-state index in [0.29, 0.717) is 35.4 Å². The number of hydrogen-bond acceptors (Lipinski definition) is 8. The van der Waals surface area contributed by atoms with Gasteiger partial charge >= 0.3 is 0 Å². The number of nitrogens with zero attached hydrogens (tertiary/aromatic N) is 3. The summed E-state index contributed by atoms with van der Waals surface area (Å²) in [6.07, 6.45) is 1.63. The number of hydrogen-bond donors (Lipinski definition) is 3. The van der Waals surface area contributed by atoms with Gasteiger partial charge in [0.25, 0.3) is 5.91 Å². The number of aryl methyl sites for hydroxylation is 1. The molecule has 0 radical (unpaired) electrons. The van der Waals surface area contributed by atoms with Crippen molar-refractivity contribution in [2.24, 2.45) is 0 Å². The maximum absolute atomic E-state index is 12.7. The number of nitrogens with two attached hydrogens (primary N) is 1. The van der Waals surface area contributed by atoms with Crippen molar-refractivity contribution in [3.63, 3.8) is 0 Å². The number of nitrogen functional groups attached to an aromatic ring is 1. The smallest absolute Gasteiger partial charge is 0.251 e. The molecule has 9 nitrogen and oxygen atoms in total.